The molecule has 2 rings (SSSR count). The molecule has 2 heterocycles. The number of hydrogen-bond donors (Lipinski definition) is 2. The van der Waals surface area contributed by atoms with Crippen LogP contribution in [0.15, 0.2) is 36.7 Å². The minimum absolute atomic E-state index is 0.265. The van der Waals surface area contributed by atoms with Crippen LogP contribution in [0, 0.1) is 0 Å². The SMILES string of the molecule is CCOc1ccc(NC(=O)c2ccc(N)nc2)cn1. The first-order valence-corrected chi connectivity index (χ1v) is 5.81. The lowest BCUT2D eigenvalue weighted by Crippen LogP contribution is -2.12. The lowest BCUT2D eigenvalue weighted by molar-refractivity contribution is 0.102. The van der Waals surface area contributed by atoms with Gasteiger partial charge in [0.15, 0.2) is 0 Å². The van der Waals surface area contributed by atoms with E-state index >= 15 is 0 Å². The molecule has 0 spiro atoms. The summed E-state index contributed by atoms with van der Waals surface area (Å²) in [5.41, 5.74) is 6.48. The molecule has 6 heteroatoms. The highest BCUT2D eigenvalue weighted by atomic mass is 16.5. The highest BCUT2D eigenvalue weighted by Crippen LogP contribution is 2.13. The Balaban J connectivity index is 2.04. The van der Waals surface area contributed by atoms with Gasteiger partial charge in [0.05, 0.1) is 24.1 Å². The van der Waals surface area contributed by atoms with Crippen molar-refractivity contribution in [2.45, 2.75) is 6.92 Å². The van der Waals surface area contributed by atoms with Crippen molar-refractivity contribution in [3.63, 3.8) is 0 Å². The third-order valence-electron chi connectivity index (χ3n) is 2.33. The lowest BCUT2D eigenvalue weighted by atomic mass is 10.2. The predicted octanol–water partition coefficient (Wildman–Crippen LogP) is 1.71. The molecule has 0 aliphatic carbocycles. The Hall–Kier alpha value is -2.63. The maximum atomic E-state index is 11.9. The summed E-state index contributed by atoms with van der Waals surface area (Å²) in [4.78, 5) is 19.8. The number of carbonyl (C=O) groups excluding carboxylic acids is 1. The molecule has 3 N–H and O–H groups in total. The van der Waals surface area contributed by atoms with Gasteiger partial charge in [-0.15, -0.1) is 0 Å². The van der Waals surface area contributed by atoms with E-state index in [1.807, 2.05) is 6.92 Å². The van der Waals surface area contributed by atoms with E-state index in [1.54, 1.807) is 24.3 Å². The maximum Gasteiger partial charge on any atom is 0.257 e. The largest absolute Gasteiger partial charge is 0.478 e. The van der Waals surface area contributed by atoms with Crippen molar-refractivity contribution in [2.75, 3.05) is 17.7 Å². The Morgan fingerprint density at radius 2 is 2.11 bits per heavy atom. The van der Waals surface area contributed by atoms with E-state index in [-0.39, 0.29) is 5.91 Å². The quantitative estimate of drug-likeness (QED) is 0.871. The van der Waals surface area contributed by atoms with E-state index in [9.17, 15) is 4.79 Å². The number of nitrogen functional groups attached to an aromatic ring is 1. The lowest BCUT2D eigenvalue weighted by Gasteiger charge is -2.06. The molecule has 0 fully saturated rings. The molecule has 0 aliphatic rings. The molecule has 0 saturated heterocycles. The molecule has 0 aromatic carbocycles. The Morgan fingerprint density at radius 3 is 2.68 bits per heavy atom. The Morgan fingerprint density at radius 1 is 1.26 bits per heavy atom. The number of rotatable bonds is 4. The molecule has 0 atom stereocenters. The molecule has 0 unspecified atom stereocenters. The molecule has 1 amide bonds. The fraction of sp³-hybridized carbons (Fsp3) is 0.154. The number of aromatic nitrogens is 2. The first-order chi connectivity index (χ1) is 9.19. The first kappa shape index (κ1) is 12.8. The summed E-state index contributed by atoms with van der Waals surface area (Å²) < 4.78 is 5.22. The van der Waals surface area contributed by atoms with Crippen LogP contribution in [0.25, 0.3) is 0 Å². The van der Waals surface area contributed by atoms with E-state index in [2.05, 4.69) is 15.3 Å². The van der Waals surface area contributed by atoms with E-state index in [0.717, 1.165) is 0 Å². The summed E-state index contributed by atoms with van der Waals surface area (Å²) in [6.45, 7) is 2.43. The summed E-state index contributed by atoms with van der Waals surface area (Å²) in [6.07, 6.45) is 2.96. The summed E-state index contributed by atoms with van der Waals surface area (Å²) >= 11 is 0. The van der Waals surface area contributed by atoms with E-state index in [1.165, 1.54) is 12.4 Å². The van der Waals surface area contributed by atoms with Gasteiger partial charge >= 0.3 is 0 Å². The second-order valence-corrected chi connectivity index (χ2v) is 3.74. The van der Waals surface area contributed by atoms with Gasteiger partial charge in [0.2, 0.25) is 5.88 Å². The minimum atomic E-state index is -0.265. The number of nitrogens with zero attached hydrogens (tertiary/aromatic N) is 2. The summed E-state index contributed by atoms with van der Waals surface area (Å²) in [5.74, 6) is 0.632. The van der Waals surface area contributed by atoms with Gasteiger partial charge in [-0.1, -0.05) is 0 Å². The van der Waals surface area contributed by atoms with Crippen LogP contribution < -0.4 is 15.8 Å². The average Bonchev–Trinajstić information content (AvgIpc) is 2.42. The van der Waals surface area contributed by atoms with E-state index < -0.39 is 0 Å². The summed E-state index contributed by atoms with van der Waals surface area (Å²) in [7, 11) is 0. The van der Waals surface area contributed by atoms with Crippen molar-refractivity contribution in [3.8, 4) is 5.88 Å². The number of pyridine rings is 2. The Labute approximate surface area is 110 Å². The van der Waals surface area contributed by atoms with Gasteiger partial charge in [0.1, 0.15) is 5.82 Å². The van der Waals surface area contributed by atoms with Crippen molar-refractivity contribution in [1.82, 2.24) is 9.97 Å². The number of hydrogen-bond acceptors (Lipinski definition) is 5. The van der Waals surface area contributed by atoms with Crippen molar-refractivity contribution < 1.29 is 9.53 Å². The van der Waals surface area contributed by atoms with Crippen LogP contribution in [0.5, 0.6) is 5.88 Å². The Bertz CT molecular complexity index is 552. The normalized spacial score (nSPS) is 9.95. The number of amides is 1. The van der Waals surface area contributed by atoms with Crippen molar-refractivity contribution >= 4 is 17.4 Å². The standard InChI is InChI=1S/C13H14N4O2/c1-2-19-12-6-4-10(8-16-12)17-13(18)9-3-5-11(14)15-7-9/h3-8H,2H2,1H3,(H2,14,15)(H,17,18). The first-order valence-electron chi connectivity index (χ1n) is 5.81. The predicted molar refractivity (Wildman–Crippen MR) is 72.0 cm³/mol. The maximum absolute atomic E-state index is 11.9. The van der Waals surface area contributed by atoms with Crippen molar-refractivity contribution in [1.29, 1.82) is 0 Å². The van der Waals surface area contributed by atoms with Crippen molar-refractivity contribution in [2.24, 2.45) is 0 Å². The fourth-order valence-electron chi connectivity index (χ4n) is 1.43. The molecule has 0 aliphatic heterocycles. The molecular formula is C13H14N4O2. The molecule has 98 valence electrons. The fourth-order valence-corrected chi connectivity index (χ4v) is 1.43. The van der Waals surface area contributed by atoms with Gasteiger partial charge in [-0.2, -0.15) is 0 Å². The molecule has 6 nitrogen and oxygen atoms in total. The molecule has 0 radical (unpaired) electrons. The zero-order chi connectivity index (χ0) is 13.7. The van der Waals surface area contributed by atoms with Gasteiger partial charge < -0.3 is 15.8 Å². The summed E-state index contributed by atoms with van der Waals surface area (Å²) in [6, 6.07) is 6.60. The van der Waals surface area contributed by atoms with Crippen LogP contribution in [0.3, 0.4) is 0 Å². The van der Waals surface area contributed by atoms with Gasteiger partial charge in [-0.3, -0.25) is 4.79 Å². The number of nitrogens with two attached hydrogens (primary N) is 1. The van der Waals surface area contributed by atoms with Crippen LogP contribution in [0.1, 0.15) is 17.3 Å². The van der Waals surface area contributed by atoms with Crippen molar-refractivity contribution in [3.05, 3.63) is 42.2 Å². The van der Waals surface area contributed by atoms with Crippen LogP contribution in [0.2, 0.25) is 0 Å². The van der Waals surface area contributed by atoms with Gasteiger partial charge in [-0.05, 0) is 25.1 Å². The molecular weight excluding hydrogens is 244 g/mol. The molecule has 0 saturated carbocycles. The van der Waals surface area contributed by atoms with E-state index in [0.29, 0.717) is 29.6 Å². The zero-order valence-corrected chi connectivity index (χ0v) is 10.5. The van der Waals surface area contributed by atoms with E-state index in [4.69, 9.17) is 10.5 Å². The zero-order valence-electron chi connectivity index (χ0n) is 10.5. The highest BCUT2D eigenvalue weighted by Gasteiger charge is 2.06. The van der Waals surface area contributed by atoms with Crippen LogP contribution >= 0.6 is 0 Å². The average molecular weight is 258 g/mol. The topological polar surface area (TPSA) is 90.1 Å². The molecule has 0 bridgehead atoms. The minimum Gasteiger partial charge on any atom is -0.478 e. The highest BCUT2D eigenvalue weighted by molar-refractivity contribution is 6.04. The third kappa shape index (κ3) is 3.41. The van der Waals surface area contributed by atoms with Crippen LogP contribution in [-0.2, 0) is 0 Å². The Kier molecular flexibility index (Phi) is 3.92. The number of carbonyl (C=O) groups is 1. The third-order valence-corrected chi connectivity index (χ3v) is 2.33. The second-order valence-electron chi connectivity index (χ2n) is 3.74. The van der Waals surface area contributed by atoms with Gasteiger partial charge in [0.25, 0.3) is 5.91 Å². The monoisotopic (exact) mass is 258 g/mol. The van der Waals surface area contributed by atoms with Crippen LogP contribution in [0.4, 0.5) is 11.5 Å². The number of anilines is 2. The smallest absolute Gasteiger partial charge is 0.257 e. The van der Waals surface area contributed by atoms with Crippen LogP contribution in [-0.4, -0.2) is 22.5 Å². The van der Waals surface area contributed by atoms with Gasteiger partial charge in [-0.25, -0.2) is 9.97 Å². The molecule has 2 aromatic heterocycles. The number of nitrogens with one attached hydrogen (secondary N) is 1. The second kappa shape index (κ2) is 5.81. The summed E-state index contributed by atoms with van der Waals surface area (Å²) in [5, 5.41) is 2.71. The van der Waals surface area contributed by atoms with Gasteiger partial charge in [0, 0.05) is 12.3 Å². The number of ether oxygens (including phenoxy) is 1. The molecule has 2 aromatic rings. The molecule has 19 heavy (non-hydrogen) atoms.